The van der Waals surface area contributed by atoms with Gasteiger partial charge in [0, 0.05) is 18.3 Å². The van der Waals surface area contributed by atoms with Crippen molar-refractivity contribution in [3.05, 3.63) is 83.7 Å². The lowest BCUT2D eigenvalue weighted by Gasteiger charge is -2.20. The van der Waals surface area contributed by atoms with Gasteiger partial charge in [-0.15, -0.1) is 0 Å². The van der Waals surface area contributed by atoms with Gasteiger partial charge in [0.25, 0.3) is 21.8 Å². The summed E-state index contributed by atoms with van der Waals surface area (Å²) in [6.07, 6.45) is 2.22. The van der Waals surface area contributed by atoms with Gasteiger partial charge in [0.15, 0.2) is 0 Å². The molecular weight excluding hydrogens is 392 g/mol. The number of carbonyl (C=O) groups is 2. The zero-order valence-electron chi connectivity index (χ0n) is 15.3. The SMILES string of the molecule is O=C(NNC(=O)c1ccc[nH]1)c1cccc(S(=O)(=O)N2CCc3ccccc32)c1. The van der Waals surface area contributed by atoms with E-state index in [2.05, 4.69) is 15.8 Å². The normalized spacial score (nSPS) is 13.0. The Morgan fingerprint density at radius 3 is 2.52 bits per heavy atom. The Kier molecular flexibility index (Phi) is 4.81. The summed E-state index contributed by atoms with van der Waals surface area (Å²) in [5.74, 6) is -1.13. The number of anilines is 1. The van der Waals surface area contributed by atoms with Gasteiger partial charge in [-0.2, -0.15) is 0 Å². The monoisotopic (exact) mass is 410 g/mol. The van der Waals surface area contributed by atoms with Crippen molar-refractivity contribution in [1.29, 1.82) is 0 Å². The molecule has 29 heavy (non-hydrogen) atoms. The van der Waals surface area contributed by atoms with Crippen LogP contribution in [0.3, 0.4) is 0 Å². The van der Waals surface area contributed by atoms with Gasteiger partial charge in [-0.3, -0.25) is 24.7 Å². The fourth-order valence-corrected chi connectivity index (χ4v) is 4.76. The minimum atomic E-state index is -3.81. The lowest BCUT2D eigenvalue weighted by Crippen LogP contribution is -2.41. The van der Waals surface area contributed by atoms with E-state index >= 15 is 0 Å². The van der Waals surface area contributed by atoms with Crippen LogP contribution in [0.5, 0.6) is 0 Å². The molecule has 0 bridgehead atoms. The van der Waals surface area contributed by atoms with Crippen LogP contribution < -0.4 is 15.2 Å². The van der Waals surface area contributed by atoms with Gasteiger partial charge < -0.3 is 4.98 Å². The zero-order valence-corrected chi connectivity index (χ0v) is 16.1. The van der Waals surface area contributed by atoms with Gasteiger partial charge in [0.1, 0.15) is 5.69 Å². The van der Waals surface area contributed by atoms with Crippen LogP contribution in [0.4, 0.5) is 5.69 Å². The Morgan fingerprint density at radius 2 is 1.72 bits per heavy atom. The largest absolute Gasteiger partial charge is 0.357 e. The molecule has 0 aliphatic carbocycles. The second-order valence-corrected chi connectivity index (χ2v) is 8.34. The Hall–Kier alpha value is -3.59. The molecule has 2 amide bonds. The number of carbonyl (C=O) groups excluding carboxylic acids is 2. The molecule has 4 rings (SSSR count). The van der Waals surface area contributed by atoms with Gasteiger partial charge in [-0.1, -0.05) is 24.3 Å². The van der Waals surface area contributed by atoms with Crippen LogP contribution in [-0.2, 0) is 16.4 Å². The lowest BCUT2D eigenvalue weighted by atomic mass is 10.2. The first-order valence-corrected chi connectivity index (χ1v) is 10.4. The molecule has 2 aromatic carbocycles. The molecule has 0 radical (unpaired) electrons. The third-order valence-corrected chi connectivity index (χ3v) is 6.47. The molecule has 0 unspecified atom stereocenters. The maximum atomic E-state index is 13.1. The molecule has 0 saturated carbocycles. The van der Waals surface area contributed by atoms with Crippen molar-refractivity contribution in [2.24, 2.45) is 0 Å². The van der Waals surface area contributed by atoms with Crippen LogP contribution >= 0.6 is 0 Å². The minimum Gasteiger partial charge on any atom is -0.357 e. The van der Waals surface area contributed by atoms with E-state index in [9.17, 15) is 18.0 Å². The van der Waals surface area contributed by atoms with E-state index in [1.807, 2.05) is 12.1 Å². The first-order valence-electron chi connectivity index (χ1n) is 8.91. The smallest absolute Gasteiger partial charge is 0.286 e. The van der Waals surface area contributed by atoms with Crippen molar-refractivity contribution in [1.82, 2.24) is 15.8 Å². The molecule has 8 nitrogen and oxygen atoms in total. The lowest BCUT2D eigenvalue weighted by molar-refractivity contribution is 0.0844. The number of hydrogen-bond donors (Lipinski definition) is 3. The van der Waals surface area contributed by atoms with Crippen LogP contribution in [0.1, 0.15) is 26.4 Å². The highest BCUT2D eigenvalue weighted by atomic mass is 32.2. The Labute approximate surface area is 167 Å². The third-order valence-electron chi connectivity index (χ3n) is 4.66. The first-order chi connectivity index (χ1) is 14.0. The number of nitrogens with zero attached hydrogens (tertiary/aromatic N) is 1. The van der Waals surface area contributed by atoms with Crippen molar-refractivity contribution < 1.29 is 18.0 Å². The summed E-state index contributed by atoms with van der Waals surface area (Å²) in [4.78, 5) is 27.0. The Bertz CT molecular complexity index is 1170. The van der Waals surface area contributed by atoms with E-state index in [0.717, 1.165) is 5.56 Å². The summed E-state index contributed by atoms with van der Waals surface area (Å²) in [7, 11) is -3.81. The molecule has 0 fully saturated rings. The van der Waals surface area contributed by atoms with Crippen molar-refractivity contribution in [2.45, 2.75) is 11.3 Å². The number of benzene rings is 2. The van der Waals surface area contributed by atoms with Crippen LogP contribution in [0, 0.1) is 0 Å². The summed E-state index contributed by atoms with van der Waals surface area (Å²) >= 11 is 0. The molecule has 0 atom stereocenters. The number of hydrogen-bond acceptors (Lipinski definition) is 4. The van der Waals surface area contributed by atoms with Crippen molar-refractivity contribution >= 4 is 27.5 Å². The van der Waals surface area contributed by atoms with E-state index in [1.165, 1.54) is 28.6 Å². The highest BCUT2D eigenvalue weighted by Crippen LogP contribution is 2.32. The third kappa shape index (κ3) is 3.59. The minimum absolute atomic E-state index is 0.0116. The topological polar surface area (TPSA) is 111 Å². The predicted molar refractivity (Wildman–Crippen MR) is 107 cm³/mol. The second-order valence-electron chi connectivity index (χ2n) is 6.48. The van der Waals surface area contributed by atoms with Crippen LogP contribution in [0.2, 0.25) is 0 Å². The highest BCUT2D eigenvalue weighted by molar-refractivity contribution is 7.92. The van der Waals surface area contributed by atoms with Crippen LogP contribution in [0.25, 0.3) is 0 Å². The average Bonchev–Trinajstić information content (AvgIpc) is 3.42. The Balaban J connectivity index is 1.52. The number of aromatic nitrogens is 1. The van der Waals surface area contributed by atoms with E-state index < -0.39 is 21.8 Å². The number of nitrogens with one attached hydrogen (secondary N) is 3. The quantitative estimate of drug-likeness (QED) is 0.570. The molecule has 3 aromatic rings. The number of H-pyrrole nitrogens is 1. The van der Waals surface area contributed by atoms with E-state index in [-0.39, 0.29) is 16.2 Å². The van der Waals surface area contributed by atoms with Gasteiger partial charge in [-0.25, -0.2) is 8.42 Å². The summed E-state index contributed by atoms with van der Waals surface area (Å²) in [5, 5.41) is 0. The predicted octanol–water partition coefficient (Wildman–Crippen LogP) is 1.84. The Morgan fingerprint density at radius 1 is 0.931 bits per heavy atom. The summed E-state index contributed by atoms with van der Waals surface area (Å²) in [6, 6.07) is 16.3. The number of sulfonamides is 1. The molecule has 0 saturated heterocycles. The van der Waals surface area contributed by atoms with Gasteiger partial charge >= 0.3 is 0 Å². The van der Waals surface area contributed by atoms with Gasteiger partial charge in [0.05, 0.1) is 10.6 Å². The zero-order chi connectivity index (χ0) is 20.4. The number of para-hydroxylation sites is 1. The molecule has 9 heteroatoms. The summed E-state index contributed by atoms with van der Waals surface area (Å²) in [6.45, 7) is 0.351. The van der Waals surface area contributed by atoms with E-state index in [0.29, 0.717) is 18.7 Å². The first kappa shape index (κ1) is 18.8. The number of aromatic amines is 1. The molecule has 3 N–H and O–H groups in total. The van der Waals surface area contributed by atoms with Crippen LogP contribution in [0.15, 0.2) is 71.8 Å². The van der Waals surface area contributed by atoms with Crippen molar-refractivity contribution in [3.8, 4) is 0 Å². The molecule has 1 aliphatic rings. The summed E-state index contributed by atoms with van der Waals surface area (Å²) in [5.41, 5.74) is 6.59. The number of rotatable bonds is 4. The number of amides is 2. The summed E-state index contributed by atoms with van der Waals surface area (Å²) < 4.78 is 27.6. The van der Waals surface area contributed by atoms with E-state index in [1.54, 1.807) is 30.5 Å². The fraction of sp³-hybridized carbons (Fsp3) is 0.100. The standard InChI is InChI=1S/C20H18N4O4S/c25-19(22-23-20(26)17-8-4-11-21-17)15-6-3-7-16(13-15)29(27,28)24-12-10-14-5-1-2-9-18(14)24/h1-9,11,13,21H,10,12H2,(H,22,25)(H,23,26). The molecule has 1 aliphatic heterocycles. The van der Waals surface area contributed by atoms with Crippen LogP contribution in [-0.4, -0.2) is 31.8 Å². The second kappa shape index (κ2) is 7.44. The van der Waals surface area contributed by atoms with Crippen molar-refractivity contribution in [2.75, 3.05) is 10.8 Å². The van der Waals surface area contributed by atoms with Gasteiger partial charge in [-0.05, 0) is 48.4 Å². The molecule has 0 spiro atoms. The molecule has 1 aromatic heterocycles. The maximum Gasteiger partial charge on any atom is 0.286 e. The maximum absolute atomic E-state index is 13.1. The fourth-order valence-electron chi connectivity index (χ4n) is 3.21. The highest BCUT2D eigenvalue weighted by Gasteiger charge is 2.30. The van der Waals surface area contributed by atoms with E-state index in [4.69, 9.17) is 0 Å². The molecular formula is C20H18N4O4S. The molecule has 148 valence electrons. The van der Waals surface area contributed by atoms with Crippen molar-refractivity contribution in [3.63, 3.8) is 0 Å². The molecule has 2 heterocycles. The average molecular weight is 410 g/mol. The van der Waals surface area contributed by atoms with Gasteiger partial charge in [0.2, 0.25) is 0 Å². The number of hydrazine groups is 1. The number of fused-ring (bicyclic) bond motifs is 1.